The third-order valence-corrected chi connectivity index (χ3v) is 5.63. The van der Waals surface area contributed by atoms with Crippen LogP contribution in [0.4, 0.5) is 0 Å². The average molecular weight is 266 g/mol. The van der Waals surface area contributed by atoms with Gasteiger partial charge in [-0.2, -0.15) is 0 Å². The smallest absolute Gasteiger partial charge is 0.0547 e. The standard InChI is InChI=1S/C16H30N2O/c1-17-11-16(8-10-19-13-16)12-18-9-4-7-15(18)14-5-2-3-6-14/h14-15,17H,2-13H2,1H3. The molecule has 1 saturated carbocycles. The first-order chi connectivity index (χ1) is 9.33. The molecule has 1 N–H and O–H groups in total. The van der Waals surface area contributed by atoms with Crippen LogP contribution in [-0.2, 0) is 4.74 Å². The fraction of sp³-hybridized carbons (Fsp3) is 1.00. The van der Waals surface area contributed by atoms with Gasteiger partial charge in [-0.15, -0.1) is 0 Å². The van der Waals surface area contributed by atoms with Crippen molar-refractivity contribution in [1.29, 1.82) is 0 Å². The number of nitrogens with zero attached hydrogens (tertiary/aromatic N) is 1. The molecule has 3 fully saturated rings. The molecule has 3 nitrogen and oxygen atoms in total. The van der Waals surface area contributed by atoms with E-state index in [4.69, 9.17) is 4.74 Å². The van der Waals surface area contributed by atoms with Gasteiger partial charge in [0.2, 0.25) is 0 Å². The van der Waals surface area contributed by atoms with E-state index in [1.54, 1.807) is 0 Å². The first-order valence-corrected chi connectivity index (χ1v) is 8.29. The summed E-state index contributed by atoms with van der Waals surface area (Å²) < 4.78 is 5.72. The molecule has 1 aliphatic carbocycles. The molecular formula is C16H30N2O. The number of nitrogens with one attached hydrogen (secondary N) is 1. The van der Waals surface area contributed by atoms with Gasteiger partial charge in [0.15, 0.2) is 0 Å². The minimum Gasteiger partial charge on any atom is -0.381 e. The van der Waals surface area contributed by atoms with E-state index in [-0.39, 0.29) is 0 Å². The van der Waals surface area contributed by atoms with Crippen LogP contribution in [0.15, 0.2) is 0 Å². The summed E-state index contributed by atoms with van der Waals surface area (Å²) in [6.45, 7) is 5.62. The van der Waals surface area contributed by atoms with Gasteiger partial charge in [0, 0.05) is 31.2 Å². The third kappa shape index (κ3) is 2.98. The Balaban J connectivity index is 1.63. The Morgan fingerprint density at radius 2 is 2.05 bits per heavy atom. The van der Waals surface area contributed by atoms with Crippen molar-refractivity contribution in [2.75, 3.05) is 39.9 Å². The van der Waals surface area contributed by atoms with Crippen molar-refractivity contribution < 1.29 is 4.74 Å². The SMILES string of the molecule is CNCC1(CN2CCCC2C2CCCC2)CCOC1. The molecule has 0 radical (unpaired) electrons. The maximum atomic E-state index is 5.72. The zero-order valence-electron chi connectivity index (χ0n) is 12.5. The predicted octanol–water partition coefficient (Wildman–Crippen LogP) is 2.27. The summed E-state index contributed by atoms with van der Waals surface area (Å²) >= 11 is 0. The Bertz CT molecular complexity index is 282. The van der Waals surface area contributed by atoms with Crippen molar-refractivity contribution in [1.82, 2.24) is 10.2 Å². The van der Waals surface area contributed by atoms with Gasteiger partial charge in [-0.3, -0.25) is 4.90 Å². The molecule has 0 aromatic rings. The highest BCUT2D eigenvalue weighted by Crippen LogP contribution is 2.38. The van der Waals surface area contributed by atoms with Crippen LogP contribution >= 0.6 is 0 Å². The molecule has 19 heavy (non-hydrogen) atoms. The van der Waals surface area contributed by atoms with E-state index in [1.165, 1.54) is 58.0 Å². The first kappa shape index (κ1) is 13.8. The fourth-order valence-corrected chi connectivity index (χ4v) is 4.70. The van der Waals surface area contributed by atoms with Gasteiger partial charge >= 0.3 is 0 Å². The molecule has 0 amide bonds. The van der Waals surface area contributed by atoms with Gasteiger partial charge in [-0.25, -0.2) is 0 Å². The summed E-state index contributed by atoms with van der Waals surface area (Å²) in [5, 5.41) is 3.40. The Hall–Kier alpha value is -0.120. The highest BCUT2D eigenvalue weighted by atomic mass is 16.5. The van der Waals surface area contributed by atoms with E-state index < -0.39 is 0 Å². The second-order valence-electron chi connectivity index (χ2n) is 7.06. The van der Waals surface area contributed by atoms with Crippen LogP contribution in [0.1, 0.15) is 44.9 Å². The van der Waals surface area contributed by atoms with Gasteiger partial charge < -0.3 is 10.1 Å². The monoisotopic (exact) mass is 266 g/mol. The lowest BCUT2D eigenvalue weighted by Gasteiger charge is -2.37. The molecule has 0 bridgehead atoms. The van der Waals surface area contributed by atoms with Crippen LogP contribution in [-0.4, -0.2) is 50.8 Å². The minimum atomic E-state index is 0.385. The Kier molecular flexibility index (Phi) is 4.45. The topological polar surface area (TPSA) is 24.5 Å². The first-order valence-electron chi connectivity index (χ1n) is 8.29. The summed E-state index contributed by atoms with van der Waals surface area (Å²) in [6.07, 6.45) is 10.0. The Morgan fingerprint density at radius 3 is 2.74 bits per heavy atom. The molecule has 0 spiro atoms. The zero-order valence-corrected chi connectivity index (χ0v) is 12.5. The second kappa shape index (κ2) is 6.11. The lowest BCUT2D eigenvalue weighted by Crippen LogP contribution is -2.47. The Labute approximate surface area is 118 Å². The van der Waals surface area contributed by atoms with Crippen molar-refractivity contribution in [2.24, 2.45) is 11.3 Å². The van der Waals surface area contributed by atoms with Gasteiger partial charge in [0.05, 0.1) is 6.61 Å². The summed E-state index contributed by atoms with van der Waals surface area (Å²) in [4.78, 5) is 2.82. The van der Waals surface area contributed by atoms with Crippen molar-refractivity contribution in [2.45, 2.75) is 51.0 Å². The van der Waals surface area contributed by atoms with Crippen LogP contribution in [0.2, 0.25) is 0 Å². The maximum Gasteiger partial charge on any atom is 0.0547 e. The van der Waals surface area contributed by atoms with Gasteiger partial charge in [0.1, 0.15) is 0 Å². The molecule has 0 aromatic heterocycles. The summed E-state index contributed by atoms with van der Waals surface area (Å²) in [5.41, 5.74) is 0.385. The molecule has 2 unspecified atom stereocenters. The molecule has 3 rings (SSSR count). The normalized spacial score (nSPS) is 37.4. The minimum absolute atomic E-state index is 0.385. The van der Waals surface area contributed by atoms with E-state index in [9.17, 15) is 0 Å². The van der Waals surface area contributed by atoms with Crippen LogP contribution in [0.5, 0.6) is 0 Å². The molecule has 0 aromatic carbocycles. The fourth-order valence-electron chi connectivity index (χ4n) is 4.70. The lowest BCUT2D eigenvalue weighted by molar-refractivity contribution is 0.0884. The summed E-state index contributed by atoms with van der Waals surface area (Å²) in [7, 11) is 2.08. The van der Waals surface area contributed by atoms with Gasteiger partial charge in [-0.1, -0.05) is 12.8 Å². The molecule has 2 saturated heterocycles. The highest BCUT2D eigenvalue weighted by molar-refractivity contribution is 4.94. The number of hydrogen-bond acceptors (Lipinski definition) is 3. The summed E-state index contributed by atoms with van der Waals surface area (Å²) in [5.74, 6) is 0.997. The van der Waals surface area contributed by atoms with E-state index in [0.29, 0.717) is 5.41 Å². The van der Waals surface area contributed by atoms with Crippen LogP contribution < -0.4 is 5.32 Å². The molecule has 3 heteroatoms. The van der Waals surface area contributed by atoms with Crippen molar-refractivity contribution >= 4 is 0 Å². The largest absolute Gasteiger partial charge is 0.381 e. The average Bonchev–Trinajstić information content (AvgIpc) is 3.10. The Morgan fingerprint density at radius 1 is 1.21 bits per heavy atom. The van der Waals surface area contributed by atoms with Crippen molar-refractivity contribution in [3.8, 4) is 0 Å². The third-order valence-electron chi connectivity index (χ3n) is 5.63. The van der Waals surface area contributed by atoms with E-state index >= 15 is 0 Å². The molecular weight excluding hydrogens is 236 g/mol. The molecule has 2 heterocycles. The number of hydrogen-bond donors (Lipinski definition) is 1. The maximum absolute atomic E-state index is 5.72. The quantitative estimate of drug-likeness (QED) is 0.826. The molecule has 2 atom stereocenters. The predicted molar refractivity (Wildman–Crippen MR) is 78.3 cm³/mol. The summed E-state index contributed by atoms with van der Waals surface area (Å²) in [6, 6.07) is 0.886. The molecule has 3 aliphatic rings. The number of likely N-dealkylation sites (tertiary alicyclic amines) is 1. The van der Waals surface area contributed by atoms with E-state index in [1.807, 2.05) is 0 Å². The van der Waals surface area contributed by atoms with Crippen LogP contribution in [0, 0.1) is 11.3 Å². The van der Waals surface area contributed by atoms with Crippen molar-refractivity contribution in [3.63, 3.8) is 0 Å². The highest BCUT2D eigenvalue weighted by Gasteiger charge is 2.41. The van der Waals surface area contributed by atoms with Crippen LogP contribution in [0.3, 0.4) is 0 Å². The van der Waals surface area contributed by atoms with Gasteiger partial charge in [-0.05, 0) is 51.6 Å². The van der Waals surface area contributed by atoms with E-state index in [0.717, 1.165) is 31.7 Å². The zero-order chi connectivity index (χ0) is 13.1. The molecule has 2 aliphatic heterocycles. The number of ether oxygens (including phenoxy) is 1. The van der Waals surface area contributed by atoms with E-state index in [2.05, 4.69) is 17.3 Å². The number of rotatable bonds is 5. The second-order valence-corrected chi connectivity index (χ2v) is 7.06. The molecule has 110 valence electrons. The lowest BCUT2D eigenvalue weighted by atomic mass is 9.85. The van der Waals surface area contributed by atoms with Gasteiger partial charge in [0.25, 0.3) is 0 Å². The van der Waals surface area contributed by atoms with Crippen molar-refractivity contribution in [3.05, 3.63) is 0 Å². The van der Waals surface area contributed by atoms with Crippen LogP contribution in [0.25, 0.3) is 0 Å².